The molecule has 0 bridgehead atoms. The number of carbonyl (C=O) groups excluding carboxylic acids is 1. The molecular formula is C29H31Cl2N9O. The zero-order chi connectivity index (χ0) is 28.6. The van der Waals surface area contributed by atoms with E-state index in [2.05, 4.69) is 60.5 Å². The molecule has 1 saturated carbocycles. The molecule has 1 amide bonds. The first-order valence-corrected chi connectivity index (χ1v) is 14.2. The molecule has 4 aromatic rings. The molecule has 1 aliphatic rings. The van der Waals surface area contributed by atoms with Crippen molar-refractivity contribution in [2.45, 2.75) is 44.6 Å². The van der Waals surface area contributed by atoms with Crippen LogP contribution in [0.2, 0.25) is 10.0 Å². The highest BCUT2D eigenvalue weighted by Gasteiger charge is 2.19. The minimum absolute atomic E-state index is 0.0719. The minimum Gasteiger partial charge on any atom is -0.326 e. The Morgan fingerprint density at radius 1 is 0.976 bits per heavy atom. The van der Waals surface area contributed by atoms with Gasteiger partial charge in [-0.1, -0.05) is 71.8 Å². The smallest absolute Gasteiger partial charge is 0.270 e. The monoisotopic (exact) mass is 591 g/mol. The fraction of sp³-hybridized carbons (Fsp3) is 0.276. The fourth-order valence-electron chi connectivity index (χ4n) is 5.02. The van der Waals surface area contributed by atoms with E-state index in [1.54, 1.807) is 30.3 Å². The van der Waals surface area contributed by atoms with Gasteiger partial charge in [-0.3, -0.25) is 10.1 Å². The zero-order valence-corrected chi connectivity index (χ0v) is 23.9. The number of aromatic nitrogens is 4. The Kier molecular flexibility index (Phi) is 9.45. The van der Waals surface area contributed by atoms with Gasteiger partial charge in [0.25, 0.3) is 11.9 Å². The van der Waals surface area contributed by atoms with E-state index in [1.165, 1.54) is 37.7 Å². The van der Waals surface area contributed by atoms with Crippen LogP contribution in [0.3, 0.4) is 0 Å². The molecule has 0 spiro atoms. The Hall–Kier alpha value is -3.99. The number of nitrogens with one attached hydrogen (secondary N) is 3. The van der Waals surface area contributed by atoms with Crippen LogP contribution < -0.4 is 21.3 Å². The predicted molar refractivity (Wildman–Crippen MR) is 164 cm³/mol. The Balaban J connectivity index is 1.42. The molecule has 0 unspecified atom stereocenters. The SMILES string of the molecule is NC/N=C(/Nc1cc(Cl)cc(Cl)c1)N(Cc1ccc(C(=O)Nc2nn[nH]n2)cc1)c1ccc(C2CCCCC2)cc1. The van der Waals surface area contributed by atoms with Crippen LogP contribution in [0, 0.1) is 0 Å². The number of aliphatic imine (C=N–C) groups is 1. The molecule has 3 aromatic carbocycles. The van der Waals surface area contributed by atoms with E-state index in [4.69, 9.17) is 28.9 Å². The summed E-state index contributed by atoms with van der Waals surface area (Å²) < 4.78 is 0. The van der Waals surface area contributed by atoms with Crippen LogP contribution in [0.1, 0.15) is 59.5 Å². The van der Waals surface area contributed by atoms with Gasteiger partial charge in [-0.25, -0.2) is 4.99 Å². The van der Waals surface area contributed by atoms with E-state index >= 15 is 0 Å². The third-order valence-electron chi connectivity index (χ3n) is 7.02. The van der Waals surface area contributed by atoms with Crippen molar-refractivity contribution in [2.24, 2.45) is 10.7 Å². The molecule has 0 saturated heterocycles. The summed E-state index contributed by atoms with van der Waals surface area (Å²) in [6, 6.07) is 21.2. The molecule has 12 heteroatoms. The lowest BCUT2D eigenvalue weighted by molar-refractivity contribution is 0.102. The second kappa shape index (κ2) is 13.6. The van der Waals surface area contributed by atoms with Crippen LogP contribution in [-0.2, 0) is 6.54 Å². The average molecular weight is 593 g/mol. The predicted octanol–water partition coefficient (Wildman–Crippen LogP) is 6.20. The van der Waals surface area contributed by atoms with Crippen molar-refractivity contribution in [2.75, 3.05) is 22.2 Å². The summed E-state index contributed by atoms with van der Waals surface area (Å²) in [4.78, 5) is 19.2. The largest absolute Gasteiger partial charge is 0.326 e. The number of tetrazole rings is 1. The van der Waals surface area contributed by atoms with Gasteiger partial charge in [0.1, 0.15) is 0 Å². The van der Waals surface area contributed by atoms with Crippen molar-refractivity contribution in [3.8, 4) is 0 Å². The Morgan fingerprint density at radius 3 is 2.32 bits per heavy atom. The first kappa shape index (κ1) is 28.5. The molecule has 212 valence electrons. The molecule has 1 aromatic heterocycles. The second-order valence-corrected chi connectivity index (χ2v) is 10.7. The molecule has 10 nitrogen and oxygen atoms in total. The van der Waals surface area contributed by atoms with Crippen molar-refractivity contribution in [1.82, 2.24) is 20.6 Å². The summed E-state index contributed by atoms with van der Waals surface area (Å²) in [6.45, 7) is 0.526. The molecule has 1 heterocycles. The topological polar surface area (TPSA) is 137 Å². The van der Waals surface area contributed by atoms with E-state index in [1.807, 2.05) is 17.0 Å². The number of aromatic amines is 1. The van der Waals surface area contributed by atoms with Gasteiger partial charge in [0.2, 0.25) is 5.96 Å². The number of amides is 1. The number of anilines is 3. The van der Waals surface area contributed by atoms with Gasteiger partial charge in [0.15, 0.2) is 0 Å². The third kappa shape index (κ3) is 7.60. The van der Waals surface area contributed by atoms with Gasteiger partial charge < -0.3 is 16.0 Å². The maximum absolute atomic E-state index is 12.6. The molecule has 0 aliphatic heterocycles. The van der Waals surface area contributed by atoms with Crippen molar-refractivity contribution in [1.29, 1.82) is 0 Å². The number of guanidine groups is 1. The quantitative estimate of drug-likeness (QED) is 0.141. The third-order valence-corrected chi connectivity index (χ3v) is 7.46. The Labute approximate surface area is 248 Å². The fourth-order valence-corrected chi connectivity index (χ4v) is 5.54. The molecule has 41 heavy (non-hydrogen) atoms. The summed E-state index contributed by atoms with van der Waals surface area (Å²) in [6.07, 6.45) is 6.33. The number of nitrogens with zero attached hydrogens (tertiary/aromatic N) is 5. The van der Waals surface area contributed by atoms with Gasteiger partial charge in [-0.2, -0.15) is 5.21 Å². The van der Waals surface area contributed by atoms with Crippen molar-refractivity contribution in [3.63, 3.8) is 0 Å². The van der Waals surface area contributed by atoms with Gasteiger partial charge >= 0.3 is 0 Å². The number of H-pyrrole nitrogens is 1. The number of benzene rings is 3. The van der Waals surface area contributed by atoms with Crippen molar-refractivity contribution >= 4 is 52.4 Å². The summed E-state index contributed by atoms with van der Waals surface area (Å²) >= 11 is 12.5. The number of hydrogen-bond donors (Lipinski definition) is 4. The van der Waals surface area contributed by atoms with Crippen LogP contribution in [0.4, 0.5) is 17.3 Å². The molecule has 5 rings (SSSR count). The van der Waals surface area contributed by atoms with E-state index in [0.717, 1.165) is 11.3 Å². The maximum Gasteiger partial charge on any atom is 0.270 e. The van der Waals surface area contributed by atoms with Gasteiger partial charge in [0, 0.05) is 27.0 Å². The summed E-state index contributed by atoms with van der Waals surface area (Å²) in [5.41, 5.74) is 10.3. The highest BCUT2D eigenvalue weighted by Crippen LogP contribution is 2.34. The number of hydrogen-bond acceptors (Lipinski definition) is 6. The molecule has 5 N–H and O–H groups in total. The van der Waals surface area contributed by atoms with Crippen LogP contribution in [-0.4, -0.2) is 39.2 Å². The van der Waals surface area contributed by atoms with E-state index in [9.17, 15) is 4.79 Å². The van der Waals surface area contributed by atoms with Gasteiger partial charge in [-0.05, 0) is 77.6 Å². The molecule has 0 radical (unpaired) electrons. The highest BCUT2D eigenvalue weighted by atomic mass is 35.5. The standard InChI is InChI=1S/C29H31Cl2N9O/c30-23-14-24(31)16-25(15-23)34-29(33-18-32)40(26-12-10-21(11-13-26)20-4-2-1-3-5-20)17-19-6-8-22(9-7-19)27(41)35-28-36-38-39-37-28/h6-16,20H,1-5,17-18,32H2,(H,33,34)(H2,35,36,37,38,39,41). The number of halogens is 2. The molecule has 1 fully saturated rings. The van der Waals surface area contributed by atoms with E-state index in [-0.39, 0.29) is 18.5 Å². The maximum atomic E-state index is 12.6. The lowest BCUT2D eigenvalue weighted by Crippen LogP contribution is -2.37. The number of nitrogens with two attached hydrogens (primary N) is 1. The normalized spacial score (nSPS) is 14.1. The Bertz CT molecular complexity index is 1450. The first-order valence-electron chi connectivity index (χ1n) is 13.5. The van der Waals surface area contributed by atoms with E-state index in [0.29, 0.717) is 39.7 Å². The first-order chi connectivity index (χ1) is 20.0. The summed E-state index contributed by atoms with van der Waals surface area (Å²) in [7, 11) is 0. The van der Waals surface area contributed by atoms with Crippen LogP contribution >= 0.6 is 23.2 Å². The van der Waals surface area contributed by atoms with Crippen LogP contribution in [0.5, 0.6) is 0 Å². The molecular weight excluding hydrogens is 561 g/mol. The minimum atomic E-state index is -0.335. The molecule has 1 aliphatic carbocycles. The van der Waals surface area contributed by atoms with Crippen LogP contribution in [0.25, 0.3) is 0 Å². The van der Waals surface area contributed by atoms with Crippen LogP contribution in [0.15, 0.2) is 71.7 Å². The lowest BCUT2D eigenvalue weighted by atomic mass is 9.84. The number of rotatable bonds is 8. The highest BCUT2D eigenvalue weighted by molar-refractivity contribution is 6.35. The average Bonchev–Trinajstić information content (AvgIpc) is 3.49. The summed E-state index contributed by atoms with van der Waals surface area (Å²) in [5.74, 6) is 0.909. The van der Waals surface area contributed by atoms with Crippen molar-refractivity contribution in [3.05, 3.63) is 93.5 Å². The zero-order valence-electron chi connectivity index (χ0n) is 22.4. The second-order valence-electron chi connectivity index (χ2n) is 9.85. The lowest BCUT2D eigenvalue weighted by Gasteiger charge is -2.28. The number of carbonyl (C=O) groups is 1. The van der Waals surface area contributed by atoms with E-state index < -0.39 is 0 Å². The summed E-state index contributed by atoms with van der Waals surface area (Å²) in [5, 5.41) is 20.2. The van der Waals surface area contributed by atoms with Gasteiger partial charge in [-0.15, -0.1) is 5.10 Å². The van der Waals surface area contributed by atoms with Gasteiger partial charge in [0.05, 0.1) is 13.2 Å². The molecule has 0 atom stereocenters. The van der Waals surface area contributed by atoms with Crippen molar-refractivity contribution < 1.29 is 4.79 Å². The Morgan fingerprint density at radius 2 is 1.68 bits per heavy atom.